The Morgan fingerprint density at radius 2 is 1.72 bits per heavy atom. The molecule has 3 rings (SSSR count). The molecule has 0 saturated heterocycles. The van der Waals surface area contributed by atoms with Crippen LogP contribution < -0.4 is 15.4 Å². The van der Waals surface area contributed by atoms with E-state index < -0.39 is 0 Å². The molecular weight excluding hydrogens is 318 g/mol. The molecule has 0 atom stereocenters. The molecule has 0 radical (unpaired) electrons. The van der Waals surface area contributed by atoms with Crippen LogP contribution in [0.25, 0.3) is 0 Å². The van der Waals surface area contributed by atoms with Crippen molar-refractivity contribution in [1.29, 1.82) is 0 Å². The zero-order chi connectivity index (χ0) is 17.8. The van der Waals surface area contributed by atoms with Crippen molar-refractivity contribution in [1.82, 2.24) is 15.4 Å². The quantitative estimate of drug-likeness (QED) is 0.663. The SMILES string of the molecule is COc1ccc(Nc2n[nH]nc2C(=O)Nc2ccc(C)c(C)c2)cc1. The van der Waals surface area contributed by atoms with Crippen molar-refractivity contribution in [2.24, 2.45) is 0 Å². The Morgan fingerprint density at radius 3 is 2.40 bits per heavy atom. The normalized spacial score (nSPS) is 10.4. The number of carbonyl (C=O) groups is 1. The van der Waals surface area contributed by atoms with Crippen molar-refractivity contribution in [2.45, 2.75) is 13.8 Å². The second-order valence-electron chi connectivity index (χ2n) is 5.63. The summed E-state index contributed by atoms with van der Waals surface area (Å²) in [7, 11) is 1.61. The highest BCUT2D eigenvalue weighted by Crippen LogP contribution is 2.21. The largest absolute Gasteiger partial charge is 0.497 e. The number of aryl methyl sites for hydroxylation is 2. The Balaban J connectivity index is 1.75. The maximum atomic E-state index is 12.5. The van der Waals surface area contributed by atoms with E-state index in [1.54, 1.807) is 7.11 Å². The first-order valence-electron chi connectivity index (χ1n) is 7.77. The van der Waals surface area contributed by atoms with Gasteiger partial charge in [0.05, 0.1) is 7.11 Å². The van der Waals surface area contributed by atoms with E-state index in [2.05, 4.69) is 26.0 Å². The molecule has 1 aromatic heterocycles. The van der Waals surface area contributed by atoms with Gasteiger partial charge in [-0.15, -0.1) is 10.2 Å². The third kappa shape index (κ3) is 3.77. The van der Waals surface area contributed by atoms with Gasteiger partial charge in [0.15, 0.2) is 11.5 Å². The summed E-state index contributed by atoms with van der Waals surface area (Å²) < 4.78 is 5.12. The lowest BCUT2D eigenvalue weighted by Gasteiger charge is -2.08. The summed E-state index contributed by atoms with van der Waals surface area (Å²) in [5, 5.41) is 16.3. The van der Waals surface area contributed by atoms with Crippen LogP contribution in [0.3, 0.4) is 0 Å². The zero-order valence-corrected chi connectivity index (χ0v) is 14.3. The van der Waals surface area contributed by atoms with Crippen LogP contribution >= 0.6 is 0 Å². The minimum absolute atomic E-state index is 0.189. The molecule has 0 fully saturated rings. The van der Waals surface area contributed by atoms with Gasteiger partial charge in [-0.2, -0.15) is 5.21 Å². The number of nitrogens with one attached hydrogen (secondary N) is 3. The fraction of sp³-hybridized carbons (Fsp3) is 0.167. The van der Waals surface area contributed by atoms with E-state index in [0.717, 1.165) is 17.0 Å². The summed E-state index contributed by atoms with van der Waals surface area (Å²) in [4.78, 5) is 12.5. The Hall–Kier alpha value is -3.35. The van der Waals surface area contributed by atoms with Crippen molar-refractivity contribution in [3.8, 4) is 5.75 Å². The van der Waals surface area contributed by atoms with Gasteiger partial charge in [0.1, 0.15) is 5.75 Å². The van der Waals surface area contributed by atoms with Crippen LogP contribution in [0.1, 0.15) is 21.6 Å². The highest BCUT2D eigenvalue weighted by atomic mass is 16.5. The first kappa shape index (κ1) is 16.5. The summed E-state index contributed by atoms with van der Waals surface area (Å²) in [5.41, 5.74) is 3.95. The van der Waals surface area contributed by atoms with Gasteiger partial charge in [-0.1, -0.05) is 6.07 Å². The minimum atomic E-state index is -0.340. The van der Waals surface area contributed by atoms with E-state index in [1.165, 1.54) is 5.56 Å². The summed E-state index contributed by atoms with van der Waals surface area (Å²) in [6.07, 6.45) is 0. The molecule has 0 aliphatic carbocycles. The van der Waals surface area contributed by atoms with Gasteiger partial charge in [0.2, 0.25) is 0 Å². The number of carbonyl (C=O) groups excluding carboxylic acids is 1. The van der Waals surface area contributed by atoms with E-state index in [1.807, 2.05) is 56.3 Å². The average molecular weight is 337 g/mol. The van der Waals surface area contributed by atoms with Gasteiger partial charge in [-0.3, -0.25) is 4.79 Å². The first-order valence-corrected chi connectivity index (χ1v) is 7.77. The number of rotatable bonds is 5. The maximum Gasteiger partial charge on any atom is 0.280 e. The summed E-state index contributed by atoms with van der Waals surface area (Å²) in [6, 6.07) is 13.0. The van der Waals surface area contributed by atoms with Gasteiger partial charge < -0.3 is 15.4 Å². The van der Waals surface area contributed by atoms with Crippen LogP contribution in [0, 0.1) is 13.8 Å². The van der Waals surface area contributed by atoms with E-state index >= 15 is 0 Å². The van der Waals surface area contributed by atoms with Crippen LogP contribution in [0.5, 0.6) is 5.75 Å². The molecule has 25 heavy (non-hydrogen) atoms. The van der Waals surface area contributed by atoms with Gasteiger partial charge in [0.25, 0.3) is 5.91 Å². The number of methoxy groups -OCH3 is 1. The minimum Gasteiger partial charge on any atom is -0.497 e. The highest BCUT2D eigenvalue weighted by molar-refractivity contribution is 6.06. The van der Waals surface area contributed by atoms with Crippen molar-refractivity contribution in [2.75, 3.05) is 17.7 Å². The monoisotopic (exact) mass is 337 g/mol. The Bertz CT molecular complexity index is 887. The number of anilines is 3. The van der Waals surface area contributed by atoms with Crippen LogP contribution in [0.2, 0.25) is 0 Å². The standard InChI is InChI=1S/C18H19N5O2/c1-11-4-5-14(10-12(11)2)20-18(24)16-17(22-23-21-16)19-13-6-8-15(25-3)9-7-13/h4-10H,1-3H3,(H,20,24)(H2,19,21,22,23). The molecule has 7 heteroatoms. The van der Waals surface area contributed by atoms with E-state index in [-0.39, 0.29) is 11.6 Å². The van der Waals surface area contributed by atoms with Gasteiger partial charge in [-0.25, -0.2) is 0 Å². The summed E-state index contributed by atoms with van der Waals surface area (Å²) >= 11 is 0. The second-order valence-corrected chi connectivity index (χ2v) is 5.63. The van der Waals surface area contributed by atoms with Crippen LogP contribution in [-0.4, -0.2) is 28.4 Å². The first-order chi connectivity index (χ1) is 12.1. The predicted octanol–water partition coefficient (Wildman–Crippen LogP) is 3.43. The lowest BCUT2D eigenvalue weighted by atomic mass is 10.1. The molecule has 1 amide bonds. The van der Waals surface area contributed by atoms with Crippen molar-refractivity contribution < 1.29 is 9.53 Å². The Morgan fingerprint density at radius 1 is 1.00 bits per heavy atom. The fourth-order valence-electron chi connectivity index (χ4n) is 2.30. The topological polar surface area (TPSA) is 91.9 Å². The predicted molar refractivity (Wildman–Crippen MR) is 96.5 cm³/mol. The van der Waals surface area contributed by atoms with Crippen LogP contribution in [0.4, 0.5) is 17.2 Å². The average Bonchev–Trinajstić information content (AvgIpc) is 3.07. The molecule has 3 aromatic rings. The zero-order valence-electron chi connectivity index (χ0n) is 14.3. The molecule has 0 bridgehead atoms. The lowest BCUT2D eigenvalue weighted by molar-refractivity contribution is 0.102. The van der Waals surface area contributed by atoms with Crippen molar-refractivity contribution in [3.63, 3.8) is 0 Å². The molecule has 3 N–H and O–H groups in total. The summed E-state index contributed by atoms with van der Waals surface area (Å²) in [6.45, 7) is 4.02. The molecule has 2 aromatic carbocycles. The number of benzene rings is 2. The number of hydrogen-bond donors (Lipinski definition) is 3. The van der Waals surface area contributed by atoms with Crippen molar-refractivity contribution in [3.05, 3.63) is 59.3 Å². The molecule has 0 unspecified atom stereocenters. The van der Waals surface area contributed by atoms with Crippen LogP contribution in [-0.2, 0) is 0 Å². The molecule has 0 aliphatic heterocycles. The molecule has 128 valence electrons. The Kier molecular flexibility index (Phi) is 4.65. The van der Waals surface area contributed by atoms with E-state index in [9.17, 15) is 4.79 Å². The fourth-order valence-corrected chi connectivity index (χ4v) is 2.30. The number of H-pyrrole nitrogens is 1. The third-order valence-corrected chi connectivity index (χ3v) is 3.88. The number of amides is 1. The smallest absolute Gasteiger partial charge is 0.280 e. The number of ether oxygens (including phenoxy) is 1. The maximum absolute atomic E-state index is 12.5. The van der Waals surface area contributed by atoms with Gasteiger partial charge in [0, 0.05) is 11.4 Å². The molecule has 0 spiro atoms. The number of hydrogen-bond acceptors (Lipinski definition) is 5. The number of nitrogens with zero attached hydrogens (tertiary/aromatic N) is 2. The summed E-state index contributed by atoms with van der Waals surface area (Å²) in [5.74, 6) is 0.762. The molecule has 0 aliphatic rings. The molecule has 7 nitrogen and oxygen atoms in total. The lowest BCUT2D eigenvalue weighted by Crippen LogP contribution is -2.14. The highest BCUT2D eigenvalue weighted by Gasteiger charge is 2.17. The van der Waals surface area contributed by atoms with Gasteiger partial charge in [-0.05, 0) is 61.4 Å². The Labute approximate surface area is 145 Å². The molecule has 1 heterocycles. The van der Waals surface area contributed by atoms with E-state index in [4.69, 9.17) is 4.74 Å². The van der Waals surface area contributed by atoms with Crippen molar-refractivity contribution >= 4 is 23.1 Å². The number of aromatic amines is 1. The van der Waals surface area contributed by atoms with Crippen LogP contribution in [0.15, 0.2) is 42.5 Å². The van der Waals surface area contributed by atoms with E-state index in [0.29, 0.717) is 11.5 Å². The number of aromatic nitrogens is 3. The second kappa shape index (κ2) is 7.04. The molecule has 0 saturated carbocycles. The molecular formula is C18H19N5O2. The third-order valence-electron chi connectivity index (χ3n) is 3.88. The van der Waals surface area contributed by atoms with Gasteiger partial charge >= 0.3 is 0 Å².